The Bertz CT molecular complexity index is 1810. The number of hydrogen-bond acceptors (Lipinski definition) is 9. The number of ketones is 1. The maximum Gasteiger partial charge on any atom is 0.169 e. The maximum atomic E-state index is 11.8. The molecule has 1 aliphatic rings. The molecule has 6 heterocycles. The molecule has 1 saturated heterocycles. The summed E-state index contributed by atoms with van der Waals surface area (Å²) in [7, 11) is 0. The lowest BCUT2D eigenvalue weighted by Crippen LogP contribution is -2.56. The van der Waals surface area contributed by atoms with Gasteiger partial charge in [-0.15, -0.1) is 11.3 Å². The van der Waals surface area contributed by atoms with Crippen molar-refractivity contribution in [2.75, 3.05) is 18.0 Å². The number of anilines is 1. The van der Waals surface area contributed by atoms with Gasteiger partial charge in [0.25, 0.3) is 0 Å². The van der Waals surface area contributed by atoms with Gasteiger partial charge in [0, 0.05) is 29.6 Å². The minimum Gasteiger partial charge on any atom is -0.352 e. The van der Waals surface area contributed by atoms with Crippen LogP contribution in [0.5, 0.6) is 0 Å². The highest BCUT2D eigenvalue weighted by molar-refractivity contribution is 7.17. The highest BCUT2D eigenvalue weighted by atomic mass is 32.1. The van der Waals surface area contributed by atoms with E-state index in [0.29, 0.717) is 28.4 Å². The van der Waals surface area contributed by atoms with Crippen LogP contribution in [0.3, 0.4) is 0 Å². The van der Waals surface area contributed by atoms with Crippen molar-refractivity contribution in [1.29, 1.82) is 0 Å². The molecule has 182 valence electrons. The molecule has 1 fully saturated rings. The zero-order valence-corrected chi connectivity index (χ0v) is 20.6. The van der Waals surface area contributed by atoms with Gasteiger partial charge in [-0.25, -0.2) is 15.0 Å². The standard InChI is InChI=1S/C26H21N9OS/c1-13(36)20-7-8-21(37-20)15-3-2-4-17-23(15)32-26(31-17)25-24-18(33-34-25)6-5-16(30-24)19-9-28-10-22(29-19)35-11-14(27)12-35/h2-10,14H,11-12,27H2,1H3,(H,31,32)(H,33,34). The Kier molecular flexibility index (Phi) is 4.88. The Morgan fingerprint density at radius 3 is 2.70 bits per heavy atom. The van der Waals surface area contributed by atoms with E-state index in [9.17, 15) is 4.79 Å². The number of aromatic amines is 2. The summed E-state index contributed by atoms with van der Waals surface area (Å²) < 4.78 is 0. The van der Waals surface area contributed by atoms with Crippen LogP contribution in [0, 0.1) is 0 Å². The number of pyridine rings is 1. The third-order valence-electron chi connectivity index (χ3n) is 6.48. The topological polar surface area (TPSA) is 142 Å². The lowest BCUT2D eigenvalue weighted by atomic mass is 10.1. The highest BCUT2D eigenvalue weighted by Crippen LogP contribution is 2.35. The number of aromatic nitrogens is 7. The fourth-order valence-electron chi connectivity index (χ4n) is 4.55. The number of thiophene rings is 1. The minimum absolute atomic E-state index is 0.0553. The number of carbonyl (C=O) groups excluding carboxylic acids is 1. The first kappa shape index (κ1) is 21.8. The van der Waals surface area contributed by atoms with E-state index in [0.717, 1.165) is 50.8 Å². The SMILES string of the molecule is CC(=O)c1ccc(-c2cccc3[nH]c(-c4n[nH]c5ccc(-c6cncc(N7CC(N)C7)n6)nc45)nc23)s1. The summed E-state index contributed by atoms with van der Waals surface area (Å²) in [5, 5.41) is 7.58. The molecule has 0 amide bonds. The molecule has 6 aromatic rings. The molecule has 0 radical (unpaired) electrons. The number of hydrogen-bond donors (Lipinski definition) is 3. The third kappa shape index (κ3) is 3.67. The van der Waals surface area contributed by atoms with Gasteiger partial charge in [0.1, 0.15) is 17.0 Å². The van der Waals surface area contributed by atoms with Crippen LogP contribution in [0.2, 0.25) is 0 Å². The van der Waals surface area contributed by atoms with E-state index < -0.39 is 0 Å². The van der Waals surface area contributed by atoms with Gasteiger partial charge in [-0.3, -0.25) is 14.9 Å². The molecule has 0 unspecified atom stereocenters. The molecule has 0 atom stereocenters. The molecular formula is C26H21N9OS. The van der Waals surface area contributed by atoms with Gasteiger partial charge in [-0.1, -0.05) is 12.1 Å². The van der Waals surface area contributed by atoms with Crippen LogP contribution in [-0.2, 0) is 0 Å². The largest absolute Gasteiger partial charge is 0.352 e. The number of imidazole rings is 1. The number of rotatable bonds is 5. The van der Waals surface area contributed by atoms with Crippen molar-refractivity contribution in [2.45, 2.75) is 13.0 Å². The number of nitrogens with two attached hydrogens (primary N) is 1. The van der Waals surface area contributed by atoms with Crippen molar-refractivity contribution in [1.82, 2.24) is 35.1 Å². The quantitative estimate of drug-likeness (QED) is 0.297. The Labute approximate surface area is 214 Å². The second-order valence-electron chi connectivity index (χ2n) is 9.10. The number of nitrogens with zero attached hydrogens (tertiary/aromatic N) is 6. The van der Waals surface area contributed by atoms with E-state index >= 15 is 0 Å². The first-order valence-electron chi connectivity index (χ1n) is 11.8. The molecule has 7 rings (SSSR count). The summed E-state index contributed by atoms with van der Waals surface area (Å²) in [6.45, 7) is 3.12. The number of Topliss-reactive ketones (excluding diaryl/α,β-unsaturated/α-hetero) is 1. The third-order valence-corrected chi connectivity index (χ3v) is 7.70. The normalized spacial score (nSPS) is 13.9. The first-order chi connectivity index (χ1) is 18.0. The smallest absolute Gasteiger partial charge is 0.169 e. The molecule has 1 aliphatic heterocycles. The van der Waals surface area contributed by atoms with Gasteiger partial charge in [-0.2, -0.15) is 5.10 Å². The Balaban J connectivity index is 1.29. The fraction of sp³-hybridized carbons (Fsp3) is 0.154. The first-order valence-corrected chi connectivity index (χ1v) is 12.6. The lowest BCUT2D eigenvalue weighted by Gasteiger charge is -2.37. The molecule has 37 heavy (non-hydrogen) atoms. The van der Waals surface area contributed by atoms with Crippen LogP contribution in [0.1, 0.15) is 16.6 Å². The van der Waals surface area contributed by atoms with Gasteiger partial charge in [0.15, 0.2) is 17.3 Å². The molecule has 4 N–H and O–H groups in total. The molecule has 1 aromatic carbocycles. The average Bonchev–Trinajstić information content (AvgIpc) is 3.64. The molecule has 0 spiro atoms. The Morgan fingerprint density at radius 1 is 1.00 bits per heavy atom. The predicted molar refractivity (Wildman–Crippen MR) is 144 cm³/mol. The zero-order chi connectivity index (χ0) is 25.1. The lowest BCUT2D eigenvalue weighted by molar-refractivity contribution is 0.102. The van der Waals surface area contributed by atoms with Crippen molar-refractivity contribution in [3.05, 3.63) is 59.7 Å². The van der Waals surface area contributed by atoms with Gasteiger partial charge in [-0.05, 0) is 37.3 Å². The van der Waals surface area contributed by atoms with Crippen LogP contribution < -0.4 is 10.6 Å². The van der Waals surface area contributed by atoms with E-state index in [1.807, 2.05) is 42.5 Å². The van der Waals surface area contributed by atoms with E-state index in [4.69, 9.17) is 20.7 Å². The van der Waals surface area contributed by atoms with E-state index in [1.54, 1.807) is 19.3 Å². The van der Waals surface area contributed by atoms with Crippen LogP contribution in [-0.4, -0.2) is 60.0 Å². The number of nitrogens with one attached hydrogen (secondary N) is 2. The summed E-state index contributed by atoms with van der Waals surface area (Å²) in [4.78, 5) is 37.9. The fourth-order valence-corrected chi connectivity index (χ4v) is 5.48. The number of benzene rings is 1. The monoisotopic (exact) mass is 507 g/mol. The summed E-state index contributed by atoms with van der Waals surface area (Å²) in [5.74, 6) is 1.45. The summed E-state index contributed by atoms with van der Waals surface area (Å²) in [6, 6.07) is 13.8. The zero-order valence-electron chi connectivity index (χ0n) is 19.8. The van der Waals surface area contributed by atoms with Gasteiger partial charge >= 0.3 is 0 Å². The summed E-state index contributed by atoms with van der Waals surface area (Å²) in [6.07, 6.45) is 3.46. The molecule has 0 aliphatic carbocycles. The second kappa shape index (κ2) is 8.29. The van der Waals surface area contributed by atoms with Crippen LogP contribution >= 0.6 is 11.3 Å². The Hall–Kier alpha value is -4.48. The van der Waals surface area contributed by atoms with Crippen LogP contribution in [0.4, 0.5) is 5.82 Å². The Morgan fingerprint density at radius 2 is 1.89 bits per heavy atom. The van der Waals surface area contributed by atoms with Crippen LogP contribution in [0.25, 0.3) is 55.4 Å². The number of carbonyl (C=O) groups is 1. The van der Waals surface area contributed by atoms with Crippen LogP contribution in [0.15, 0.2) is 54.9 Å². The maximum absolute atomic E-state index is 11.8. The number of para-hydroxylation sites is 1. The molecule has 11 heteroatoms. The minimum atomic E-state index is 0.0553. The van der Waals surface area contributed by atoms with Crippen molar-refractivity contribution in [2.24, 2.45) is 5.73 Å². The average molecular weight is 508 g/mol. The summed E-state index contributed by atoms with van der Waals surface area (Å²) >= 11 is 1.47. The molecule has 5 aromatic heterocycles. The van der Waals surface area contributed by atoms with E-state index in [-0.39, 0.29) is 11.8 Å². The number of H-pyrrole nitrogens is 2. The van der Waals surface area contributed by atoms with Gasteiger partial charge in [0.05, 0.1) is 39.5 Å². The second-order valence-corrected chi connectivity index (χ2v) is 10.2. The van der Waals surface area contributed by atoms with Crippen molar-refractivity contribution >= 4 is 45.0 Å². The van der Waals surface area contributed by atoms with E-state index in [2.05, 4.69) is 25.1 Å². The highest BCUT2D eigenvalue weighted by Gasteiger charge is 2.25. The van der Waals surface area contributed by atoms with Crippen molar-refractivity contribution < 1.29 is 4.79 Å². The summed E-state index contributed by atoms with van der Waals surface area (Å²) in [5.41, 5.74) is 12.1. The van der Waals surface area contributed by atoms with E-state index in [1.165, 1.54) is 11.3 Å². The van der Waals surface area contributed by atoms with Gasteiger partial charge < -0.3 is 15.6 Å². The van der Waals surface area contributed by atoms with Crippen molar-refractivity contribution in [3.63, 3.8) is 0 Å². The molecular weight excluding hydrogens is 486 g/mol. The van der Waals surface area contributed by atoms with Gasteiger partial charge in [0.2, 0.25) is 0 Å². The molecule has 10 nitrogen and oxygen atoms in total. The number of fused-ring (bicyclic) bond motifs is 2. The predicted octanol–water partition coefficient (Wildman–Crippen LogP) is 4.04. The van der Waals surface area contributed by atoms with Crippen molar-refractivity contribution in [3.8, 4) is 33.3 Å². The molecule has 0 saturated carbocycles. The molecule has 0 bridgehead atoms.